The summed E-state index contributed by atoms with van der Waals surface area (Å²) in [5.74, 6) is -1.74. The molecule has 1 aliphatic rings. The van der Waals surface area contributed by atoms with Gasteiger partial charge in [0.1, 0.15) is 0 Å². The summed E-state index contributed by atoms with van der Waals surface area (Å²) in [6, 6.07) is -0.392. The molecule has 7 heteroatoms. The van der Waals surface area contributed by atoms with Gasteiger partial charge in [-0.15, -0.1) is 0 Å². The molecule has 1 rings (SSSR count). The number of urea groups is 1. The lowest BCUT2D eigenvalue weighted by Crippen LogP contribution is -2.43. The second-order valence-corrected chi connectivity index (χ2v) is 4.44. The Morgan fingerprint density at radius 2 is 1.94 bits per heavy atom. The van der Waals surface area contributed by atoms with Crippen molar-refractivity contribution in [3.63, 3.8) is 0 Å². The molecule has 0 aromatic rings. The minimum atomic E-state index is -0.887. The molecule has 102 valence electrons. The van der Waals surface area contributed by atoms with Crippen molar-refractivity contribution in [2.24, 2.45) is 11.8 Å². The summed E-state index contributed by atoms with van der Waals surface area (Å²) in [4.78, 5) is 35.2. The second kappa shape index (κ2) is 6.23. The summed E-state index contributed by atoms with van der Waals surface area (Å²) < 4.78 is 0. The van der Waals surface area contributed by atoms with Gasteiger partial charge in [0, 0.05) is 19.6 Å². The molecule has 0 aromatic carbocycles. The van der Waals surface area contributed by atoms with Gasteiger partial charge < -0.3 is 20.6 Å². The lowest BCUT2D eigenvalue weighted by molar-refractivity contribution is -0.142. The van der Waals surface area contributed by atoms with E-state index in [4.69, 9.17) is 5.11 Å². The monoisotopic (exact) mass is 257 g/mol. The van der Waals surface area contributed by atoms with E-state index in [-0.39, 0.29) is 24.9 Å². The van der Waals surface area contributed by atoms with E-state index in [2.05, 4.69) is 10.6 Å². The average Bonchev–Trinajstić information content (AvgIpc) is 2.69. The minimum absolute atomic E-state index is 0.0716. The van der Waals surface area contributed by atoms with Crippen molar-refractivity contribution in [1.29, 1.82) is 0 Å². The fourth-order valence-electron chi connectivity index (χ4n) is 1.98. The number of nitrogens with zero attached hydrogens (tertiary/aromatic N) is 1. The molecule has 3 amide bonds. The summed E-state index contributed by atoms with van der Waals surface area (Å²) in [5, 5.41) is 14.0. The second-order valence-electron chi connectivity index (χ2n) is 4.44. The smallest absolute Gasteiger partial charge is 0.317 e. The predicted octanol–water partition coefficient (Wildman–Crippen LogP) is -0.515. The van der Waals surface area contributed by atoms with Crippen molar-refractivity contribution in [2.75, 3.05) is 26.2 Å². The van der Waals surface area contributed by atoms with Crippen LogP contribution in [0, 0.1) is 11.8 Å². The summed E-state index contributed by atoms with van der Waals surface area (Å²) in [6.07, 6.45) is 0. The minimum Gasteiger partial charge on any atom is -0.481 e. The lowest BCUT2D eigenvalue weighted by atomic mass is 9.99. The summed E-state index contributed by atoms with van der Waals surface area (Å²) in [6.45, 7) is 4.61. The van der Waals surface area contributed by atoms with Crippen molar-refractivity contribution < 1.29 is 19.5 Å². The van der Waals surface area contributed by atoms with Crippen LogP contribution in [-0.4, -0.2) is 54.1 Å². The Kier molecular flexibility index (Phi) is 4.94. The number of carboxylic acids is 1. The number of carbonyl (C=O) groups is 3. The third-order valence-electron chi connectivity index (χ3n) is 2.99. The van der Waals surface area contributed by atoms with Crippen LogP contribution in [0.2, 0.25) is 0 Å². The first-order valence-corrected chi connectivity index (χ1v) is 5.98. The molecule has 18 heavy (non-hydrogen) atoms. The Morgan fingerprint density at radius 3 is 2.44 bits per heavy atom. The number of hydrogen-bond donors (Lipinski definition) is 3. The largest absolute Gasteiger partial charge is 0.481 e. The van der Waals surface area contributed by atoms with Gasteiger partial charge in [-0.1, -0.05) is 6.92 Å². The third-order valence-corrected chi connectivity index (χ3v) is 2.99. The zero-order valence-corrected chi connectivity index (χ0v) is 10.6. The highest BCUT2D eigenvalue weighted by molar-refractivity contribution is 5.84. The summed E-state index contributed by atoms with van der Waals surface area (Å²) in [7, 11) is 0. The van der Waals surface area contributed by atoms with E-state index in [0.29, 0.717) is 13.1 Å². The highest BCUT2D eigenvalue weighted by atomic mass is 16.4. The molecule has 0 saturated carbocycles. The Balaban J connectivity index is 2.40. The molecule has 0 radical (unpaired) electrons. The zero-order valence-electron chi connectivity index (χ0n) is 10.6. The molecule has 1 heterocycles. The molecule has 0 unspecified atom stereocenters. The van der Waals surface area contributed by atoms with Crippen molar-refractivity contribution in [3.8, 4) is 0 Å². The number of likely N-dealkylation sites (tertiary alicyclic amines) is 1. The number of carbonyl (C=O) groups excluding carboxylic acids is 2. The SMILES string of the molecule is CCNC(=O)CNC(=O)N1C[C@@H](C)[C@H](C(=O)O)C1. The van der Waals surface area contributed by atoms with Gasteiger partial charge in [0.05, 0.1) is 12.5 Å². The van der Waals surface area contributed by atoms with E-state index in [1.54, 1.807) is 13.8 Å². The van der Waals surface area contributed by atoms with Gasteiger partial charge in [0.25, 0.3) is 0 Å². The Morgan fingerprint density at radius 1 is 1.28 bits per heavy atom. The molecule has 0 bridgehead atoms. The van der Waals surface area contributed by atoms with E-state index in [9.17, 15) is 14.4 Å². The maximum Gasteiger partial charge on any atom is 0.317 e. The van der Waals surface area contributed by atoms with Crippen LogP contribution < -0.4 is 10.6 Å². The number of amides is 3. The molecule has 1 fully saturated rings. The van der Waals surface area contributed by atoms with Crippen molar-refractivity contribution in [2.45, 2.75) is 13.8 Å². The van der Waals surface area contributed by atoms with Crippen LogP contribution >= 0.6 is 0 Å². The van der Waals surface area contributed by atoms with Crippen LogP contribution in [-0.2, 0) is 9.59 Å². The van der Waals surface area contributed by atoms with Gasteiger partial charge in [-0.2, -0.15) is 0 Å². The molecule has 0 spiro atoms. The van der Waals surface area contributed by atoms with Gasteiger partial charge in [-0.05, 0) is 12.8 Å². The Labute approximate surface area is 106 Å². The van der Waals surface area contributed by atoms with E-state index in [1.807, 2.05) is 0 Å². The fraction of sp³-hybridized carbons (Fsp3) is 0.727. The fourth-order valence-corrected chi connectivity index (χ4v) is 1.98. The zero-order chi connectivity index (χ0) is 13.7. The quantitative estimate of drug-likeness (QED) is 0.631. The molecular weight excluding hydrogens is 238 g/mol. The van der Waals surface area contributed by atoms with E-state index < -0.39 is 17.9 Å². The van der Waals surface area contributed by atoms with Gasteiger partial charge >= 0.3 is 12.0 Å². The number of carboxylic acid groups (broad SMARTS) is 1. The first kappa shape index (κ1) is 14.3. The van der Waals surface area contributed by atoms with Crippen LogP contribution in [0.15, 0.2) is 0 Å². The topological polar surface area (TPSA) is 98.7 Å². The lowest BCUT2D eigenvalue weighted by Gasteiger charge is -2.16. The molecular formula is C11H19N3O4. The summed E-state index contributed by atoms with van der Waals surface area (Å²) >= 11 is 0. The Bertz CT molecular complexity index is 345. The molecule has 7 nitrogen and oxygen atoms in total. The molecule has 1 aliphatic heterocycles. The van der Waals surface area contributed by atoms with Gasteiger partial charge in [-0.25, -0.2) is 4.79 Å². The maximum absolute atomic E-state index is 11.7. The van der Waals surface area contributed by atoms with E-state index in [1.165, 1.54) is 4.90 Å². The number of rotatable bonds is 4. The number of hydrogen-bond acceptors (Lipinski definition) is 3. The first-order valence-electron chi connectivity index (χ1n) is 5.98. The number of likely N-dealkylation sites (N-methyl/N-ethyl adjacent to an activating group) is 1. The van der Waals surface area contributed by atoms with Crippen molar-refractivity contribution in [3.05, 3.63) is 0 Å². The number of aliphatic carboxylic acids is 1. The van der Waals surface area contributed by atoms with Gasteiger partial charge in [0.15, 0.2) is 0 Å². The van der Waals surface area contributed by atoms with Gasteiger partial charge in [-0.3, -0.25) is 9.59 Å². The van der Waals surface area contributed by atoms with Crippen LogP contribution in [0.4, 0.5) is 4.79 Å². The van der Waals surface area contributed by atoms with Crippen LogP contribution in [0.1, 0.15) is 13.8 Å². The highest BCUT2D eigenvalue weighted by Crippen LogP contribution is 2.22. The number of nitrogens with one attached hydrogen (secondary N) is 2. The van der Waals surface area contributed by atoms with Crippen LogP contribution in [0.5, 0.6) is 0 Å². The van der Waals surface area contributed by atoms with Crippen molar-refractivity contribution in [1.82, 2.24) is 15.5 Å². The van der Waals surface area contributed by atoms with Gasteiger partial charge in [0.2, 0.25) is 5.91 Å². The molecule has 2 atom stereocenters. The van der Waals surface area contributed by atoms with Crippen molar-refractivity contribution >= 4 is 17.9 Å². The highest BCUT2D eigenvalue weighted by Gasteiger charge is 2.36. The third kappa shape index (κ3) is 3.61. The van der Waals surface area contributed by atoms with E-state index in [0.717, 1.165) is 0 Å². The first-order chi connectivity index (χ1) is 8.45. The predicted molar refractivity (Wildman–Crippen MR) is 63.9 cm³/mol. The normalized spacial score (nSPS) is 22.7. The van der Waals surface area contributed by atoms with Crippen LogP contribution in [0.3, 0.4) is 0 Å². The average molecular weight is 257 g/mol. The van der Waals surface area contributed by atoms with Crippen LogP contribution in [0.25, 0.3) is 0 Å². The molecule has 1 saturated heterocycles. The molecule has 0 aromatic heterocycles. The standard InChI is InChI=1S/C11H19N3O4/c1-3-12-9(15)4-13-11(18)14-5-7(2)8(6-14)10(16)17/h7-8H,3-6H2,1-2H3,(H,12,15)(H,13,18)(H,16,17)/t7-,8-/m1/s1. The molecule has 3 N–H and O–H groups in total. The Hall–Kier alpha value is -1.79. The maximum atomic E-state index is 11.7. The summed E-state index contributed by atoms with van der Waals surface area (Å²) in [5.41, 5.74) is 0. The van der Waals surface area contributed by atoms with E-state index >= 15 is 0 Å². The molecule has 0 aliphatic carbocycles.